The number of fused-ring (bicyclic) bond motifs is 2. The SMILES string of the molecule is [211At]c1ccc2cnc(-n3ccc4ccncc43)cc2c1. The average molecular weight is 455 g/mol. The van der Waals surface area contributed by atoms with Crippen LogP contribution in [-0.2, 0) is 0 Å². The van der Waals surface area contributed by atoms with Crippen molar-refractivity contribution in [1.82, 2.24) is 14.5 Å². The van der Waals surface area contributed by atoms with Crippen molar-refractivity contribution in [1.29, 1.82) is 0 Å². The first kappa shape index (κ1) is 12.0. The number of nitrogens with zero attached hydrogens (tertiary/aromatic N) is 3. The van der Waals surface area contributed by atoms with E-state index < -0.39 is 0 Å². The Morgan fingerprint density at radius 2 is 1.85 bits per heavy atom. The van der Waals surface area contributed by atoms with E-state index in [4.69, 9.17) is 0 Å². The second-order valence-electron chi connectivity index (χ2n) is 4.65. The molecule has 4 rings (SSSR count). The summed E-state index contributed by atoms with van der Waals surface area (Å²) in [5.41, 5.74) is 1.08. The van der Waals surface area contributed by atoms with Crippen LogP contribution in [0, 0.1) is 24.7 Å². The van der Waals surface area contributed by atoms with Gasteiger partial charge in [0.25, 0.3) is 0 Å². The van der Waals surface area contributed by atoms with E-state index in [0.717, 1.165) is 11.3 Å². The van der Waals surface area contributed by atoms with Crippen LogP contribution >= 0.6 is 0 Å². The standard InChI is InChI=1S/C16H10AtN3/c17-14-2-1-12-9-19-16(8-13(12)7-14)20-6-4-11-3-5-18-10-15(11)20/h1-10H/i17+1. The van der Waals surface area contributed by atoms with E-state index in [1.807, 2.05) is 30.9 Å². The minimum absolute atomic E-state index is 0.928. The van der Waals surface area contributed by atoms with Crippen molar-refractivity contribution in [3.63, 3.8) is 0 Å². The molecule has 0 saturated carbocycles. The van der Waals surface area contributed by atoms with Gasteiger partial charge in [-0.05, 0) is 0 Å². The van der Waals surface area contributed by atoms with Crippen molar-refractivity contribution in [2.45, 2.75) is 0 Å². The molecule has 3 nitrogen and oxygen atoms in total. The number of aromatic nitrogens is 3. The summed E-state index contributed by atoms with van der Waals surface area (Å²) in [5, 5.41) is 3.57. The van der Waals surface area contributed by atoms with Gasteiger partial charge in [-0.15, -0.1) is 0 Å². The van der Waals surface area contributed by atoms with Crippen LogP contribution in [0.25, 0.3) is 27.5 Å². The number of hydrogen-bond acceptors (Lipinski definition) is 2. The molecule has 4 heteroatoms. The van der Waals surface area contributed by atoms with Crippen molar-refractivity contribution < 1.29 is 24.7 Å². The van der Waals surface area contributed by atoms with E-state index in [-0.39, 0.29) is 0 Å². The monoisotopic (exact) mass is 455 g/mol. The van der Waals surface area contributed by atoms with E-state index in [9.17, 15) is 0 Å². The fourth-order valence-corrected chi connectivity index (χ4v) is 3.11. The van der Waals surface area contributed by atoms with Gasteiger partial charge in [0.1, 0.15) is 0 Å². The molecule has 0 bridgehead atoms. The molecule has 4 aromatic rings. The van der Waals surface area contributed by atoms with Gasteiger partial charge >= 0.3 is 131 Å². The van der Waals surface area contributed by atoms with Crippen molar-refractivity contribution >= 4 is 24.9 Å². The normalized spacial score (nSPS) is 11.2. The zero-order chi connectivity index (χ0) is 13.5. The molecule has 0 aliphatic carbocycles. The van der Waals surface area contributed by atoms with E-state index >= 15 is 0 Å². The summed E-state index contributed by atoms with van der Waals surface area (Å²) in [5.74, 6) is 0.928. The molecule has 0 saturated heterocycles. The molecule has 0 radical (unpaired) electrons. The Kier molecular flexibility index (Phi) is 2.78. The van der Waals surface area contributed by atoms with Gasteiger partial charge in [0.05, 0.1) is 0 Å². The van der Waals surface area contributed by atoms with Crippen molar-refractivity contribution in [2.24, 2.45) is 0 Å². The van der Waals surface area contributed by atoms with Crippen LogP contribution in [-0.4, -0.2) is 14.5 Å². The van der Waals surface area contributed by atoms with Crippen molar-refractivity contribution in [2.75, 3.05) is 0 Å². The van der Waals surface area contributed by atoms with Crippen LogP contribution in [0.5, 0.6) is 0 Å². The summed E-state index contributed by atoms with van der Waals surface area (Å²) >= 11 is 1.69. The van der Waals surface area contributed by atoms with E-state index in [0.29, 0.717) is 0 Å². The molecule has 3 aromatic heterocycles. The molecule has 0 spiro atoms. The van der Waals surface area contributed by atoms with Gasteiger partial charge in [0.2, 0.25) is 0 Å². The minimum atomic E-state index is 0.928. The molecular weight excluding hydrogens is 445 g/mol. The first-order valence-corrected chi connectivity index (χ1v) is 7.75. The third-order valence-electron chi connectivity index (χ3n) is 3.41. The predicted molar refractivity (Wildman–Crippen MR) is 76.0 cm³/mol. The number of rotatable bonds is 1. The maximum atomic E-state index is 4.57. The molecule has 0 aliphatic rings. The second kappa shape index (κ2) is 4.64. The summed E-state index contributed by atoms with van der Waals surface area (Å²) in [6, 6.07) is 12.7. The van der Waals surface area contributed by atoms with Gasteiger partial charge in [-0.3, -0.25) is 0 Å². The van der Waals surface area contributed by atoms with Crippen molar-refractivity contribution in [3.8, 4) is 5.82 Å². The van der Waals surface area contributed by atoms with Gasteiger partial charge in [-0.2, -0.15) is 0 Å². The van der Waals surface area contributed by atoms with Crippen LogP contribution < -0.4 is 3.27 Å². The third kappa shape index (κ3) is 1.92. The summed E-state index contributed by atoms with van der Waals surface area (Å²) < 4.78 is 3.39. The average Bonchev–Trinajstić information content (AvgIpc) is 2.90. The van der Waals surface area contributed by atoms with E-state index in [1.165, 1.54) is 19.4 Å². The molecule has 1 aromatic carbocycles. The quantitative estimate of drug-likeness (QED) is 0.442. The van der Waals surface area contributed by atoms with Crippen LogP contribution in [0.1, 0.15) is 0 Å². The Morgan fingerprint density at radius 3 is 2.80 bits per heavy atom. The number of pyridine rings is 2. The summed E-state index contributed by atoms with van der Waals surface area (Å²) in [4.78, 5) is 8.77. The number of benzene rings is 1. The summed E-state index contributed by atoms with van der Waals surface area (Å²) in [6.45, 7) is 0. The molecule has 0 amide bonds. The molecule has 96 valence electrons. The number of hydrogen-bond donors (Lipinski definition) is 0. The second-order valence-corrected chi connectivity index (χ2v) is 6.35. The van der Waals surface area contributed by atoms with Gasteiger partial charge in [-0.25, -0.2) is 0 Å². The molecule has 0 aliphatic heterocycles. The molecule has 0 N–H and O–H groups in total. The molecule has 0 atom stereocenters. The van der Waals surface area contributed by atoms with Gasteiger partial charge in [0, 0.05) is 0 Å². The first-order valence-electron chi connectivity index (χ1n) is 6.28. The van der Waals surface area contributed by atoms with Gasteiger partial charge in [0.15, 0.2) is 0 Å². The topological polar surface area (TPSA) is 30.7 Å². The van der Waals surface area contributed by atoms with Crippen molar-refractivity contribution in [3.05, 3.63) is 61.2 Å². The molecule has 0 unspecified atom stereocenters. The molecular formula is C16H10AtN3. The Balaban J connectivity index is 1.97. The van der Waals surface area contributed by atoms with E-state index in [1.54, 1.807) is 24.7 Å². The Bertz CT molecular complexity index is 927. The third-order valence-corrected chi connectivity index (χ3v) is 4.33. The fourth-order valence-electron chi connectivity index (χ4n) is 2.41. The van der Waals surface area contributed by atoms with Crippen LogP contribution in [0.2, 0.25) is 0 Å². The Morgan fingerprint density at radius 1 is 0.900 bits per heavy atom. The van der Waals surface area contributed by atoms with Crippen LogP contribution in [0.15, 0.2) is 61.2 Å². The van der Waals surface area contributed by atoms with Crippen LogP contribution in [0.3, 0.4) is 0 Å². The van der Waals surface area contributed by atoms with Crippen LogP contribution in [0.4, 0.5) is 0 Å². The van der Waals surface area contributed by atoms with Gasteiger partial charge < -0.3 is 0 Å². The molecule has 20 heavy (non-hydrogen) atoms. The maximum absolute atomic E-state index is 4.57. The molecule has 3 heterocycles. The Labute approximate surface area is 131 Å². The summed E-state index contributed by atoms with van der Waals surface area (Å²) in [7, 11) is 0. The van der Waals surface area contributed by atoms with E-state index in [2.05, 4.69) is 44.9 Å². The van der Waals surface area contributed by atoms with Gasteiger partial charge in [-0.1, -0.05) is 0 Å². The zero-order valence-electron chi connectivity index (χ0n) is 10.5. The first-order chi connectivity index (χ1) is 9.81. The fraction of sp³-hybridized carbons (Fsp3) is 0. The Hall–Kier alpha value is -1.80. The molecule has 0 fully saturated rings. The predicted octanol–water partition coefficient (Wildman–Crippen LogP) is 2.75. The zero-order valence-corrected chi connectivity index (χ0v) is 13.4. The summed E-state index contributed by atoms with van der Waals surface area (Å²) in [6.07, 6.45) is 7.66.